The van der Waals surface area contributed by atoms with Crippen LogP contribution in [0.15, 0.2) is 18.2 Å². The third-order valence-electron chi connectivity index (χ3n) is 2.37. The van der Waals surface area contributed by atoms with E-state index in [-0.39, 0.29) is 12.1 Å². The van der Waals surface area contributed by atoms with Crippen LogP contribution in [0.25, 0.3) is 0 Å². The van der Waals surface area contributed by atoms with Gasteiger partial charge in [-0.1, -0.05) is 17.7 Å². The maximum Gasteiger partial charge on any atom is 0.137 e. The zero-order valence-corrected chi connectivity index (χ0v) is 10.0. The molecule has 84 valence electrons. The van der Waals surface area contributed by atoms with Gasteiger partial charge >= 0.3 is 0 Å². The molecule has 1 aromatic rings. The average Bonchev–Trinajstić information content (AvgIpc) is 2.18. The van der Waals surface area contributed by atoms with Crippen molar-refractivity contribution < 1.29 is 4.74 Å². The van der Waals surface area contributed by atoms with Crippen molar-refractivity contribution >= 4 is 11.6 Å². The number of ether oxygens (including phenoxy) is 1. The first-order chi connectivity index (χ1) is 7.10. The number of nitrogens with two attached hydrogens (primary N) is 1. The second-order valence-electron chi connectivity index (χ2n) is 3.52. The van der Waals surface area contributed by atoms with E-state index in [0.717, 1.165) is 5.56 Å². The molecule has 0 saturated carbocycles. The van der Waals surface area contributed by atoms with Crippen molar-refractivity contribution in [2.45, 2.75) is 19.0 Å². The standard InChI is InChI=1S/C11H17ClN2O/c1-7(13)11(14-2)8-4-5-10(15-3)9(12)6-8/h4-7,11,14H,13H2,1-3H3. The Morgan fingerprint density at radius 1 is 1.47 bits per heavy atom. The van der Waals surface area contributed by atoms with Crippen molar-refractivity contribution in [3.05, 3.63) is 28.8 Å². The van der Waals surface area contributed by atoms with E-state index in [1.165, 1.54) is 0 Å². The molecule has 0 fully saturated rings. The van der Waals surface area contributed by atoms with Crippen LogP contribution in [-0.4, -0.2) is 20.2 Å². The molecule has 0 heterocycles. The lowest BCUT2D eigenvalue weighted by atomic mass is 10.0. The zero-order chi connectivity index (χ0) is 11.4. The van der Waals surface area contributed by atoms with Gasteiger partial charge in [-0.3, -0.25) is 0 Å². The van der Waals surface area contributed by atoms with Gasteiger partial charge < -0.3 is 15.8 Å². The molecule has 0 saturated heterocycles. The third-order valence-corrected chi connectivity index (χ3v) is 2.67. The van der Waals surface area contributed by atoms with Crippen LogP contribution in [0.1, 0.15) is 18.5 Å². The van der Waals surface area contributed by atoms with Crippen molar-refractivity contribution in [1.29, 1.82) is 0 Å². The van der Waals surface area contributed by atoms with E-state index >= 15 is 0 Å². The topological polar surface area (TPSA) is 47.3 Å². The number of nitrogens with one attached hydrogen (secondary N) is 1. The molecule has 0 spiro atoms. The largest absolute Gasteiger partial charge is 0.495 e. The lowest BCUT2D eigenvalue weighted by molar-refractivity contribution is 0.414. The Kier molecular flexibility index (Phi) is 4.39. The van der Waals surface area contributed by atoms with Gasteiger partial charge in [-0.15, -0.1) is 0 Å². The summed E-state index contributed by atoms with van der Waals surface area (Å²) in [6.45, 7) is 1.96. The molecule has 0 amide bonds. The third kappa shape index (κ3) is 2.84. The molecule has 4 heteroatoms. The highest BCUT2D eigenvalue weighted by atomic mass is 35.5. The van der Waals surface area contributed by atoms with Gasteiger partial charge in [-0.25, -0.2) is 0 Å². The fourth-order valence-corrected chi connectivity index (χ4v) is 1.88. The smallest absolute Gasteiger partial charge is 0.137 e. The Morgan fingerprint density at radius 3 is 2.53 bits per heavy atom. The number of rotatable bonds is 4. The quantitative estimate of drug-likeness (QED) is 0.828. The summed E-state index contributed by atoms with van der Waals surface area (Å²) < 4.78 is 5.09. The van der Waals surface area contributed by atoms with E-state index in [0.29, 0.717) is 10.8 Å². The molecule has 15 heavy (non-hydrogen) atoms. The predicted octanol–water partition coefficient (Wildman–Crippen LogP) is 1.96. The second-order valence-corrected chi connectivity index (χ2v) is 3.93. The second kappa shape index (κ2) is 5.35. The molecule has 0 radical (unpaired) electrons. The summed E-state index contributed by atoms with van der Waals surface area (Å²) in [4.78, 5) is 0. The monoisotopic (exact) mass is 228 g/mol. The highest BCUT2D eigenvalue weighted by Gasteiger charge is 2.15. The maximum absolute atomic E-state index is 6.04. The summed E-state index contributed by atoms with van der Waals surface area (Å²) in [6, 6.07) is 5.83. The molecule has 3 N–H and O–H groups in total. The minimum atomic E-state index is 0.0273. The van der Waals surface area contributed by atoms with Crippen LogP contribution < -0.4 is 15.8 Å². The first kappa shape index (κ1) is 12.3. The lowest BCUT2D eigenvalue weighted by Crippen LogP contribution is -2.33. The van der Waals surface area contributed by atoms with Crippen LogP contribution in [0.5, 0.6) is 5.75 Å². The van der Waals surface area contributed by atoms with E-state index in [9.17, 15) is 0 Å². The van der Waals surface area contributed by atoms with E-state index in [1.807, 2.05) is 32.2 Å². The molecule has 0 aliphatic carbocycles. The van der Waals surface area contributed by atoms with Gasteiger partial charge in [0.15, 0.2) is 0 Å². The van der Waals surface area contributed by atoms with Crippen molar-refractivity contribution in [3.8, 4) is 5.75 Å². The van der Waals surface area contributed by atoms with Gasteiger partial charge in [-0.05, 0) is 31.7 Å². The molecule has 0 aromatic heterocycles. The normalized spacial score (nSPS) is 14.7. The summed E-state index contributed by atoms with van der Waals surface area (Å²) in [6.07, 6.45) is 0. The van der Waals surface area contributed by atoms with Gasteiger partial charge in [-0.2, -0.15) is 0 Å². The molecule has 1 rings (SSSR count). The molecule has 3 nitrogen and oxygen atoms in total. The molecular formula is C11H17ClN2O. The van der Waals surface area contributed by atoms with Crippen LogP contribution >= 0.6 is 11.6 Å². The number of benzene rings is 1. The molecule has 0 aliphatic rings. The molecule has 1 aromatic carbocycles. The number of methoxy groups -OCH3 is 1. The van der Waals surface area contributed by atoms with Crippen molar-refractivity contribution in [3.63, 3.8) is 0 Å². The highest BCUT2D eigenvalue weighted by molar-refractivity contribution is 6.32. The van der Waals surface area contributed by atoms with Crippen molar-refractivity contribution in [2.75, 3.05) is 14.2 Å². The molecule has 0 aliphatic heterocycles. The van der Waals surface area contributed by atoms with Crippen molar-refractivity contribution in [2.24, 2.45) is 5.73 Å². The number of hydrogen-bond donors (Lipinski definition) is 2. The molecular weight excluding hydrogens is 212 g/mol. The summed E-state index contributed by atoms with van der Waals surface area (Å²) in [5, 5.41) is 3.77. The van der Waals surface area contributed by atoms with E-state index in [4.69, 9.17) is 22.1 Å². The Hall–Kier alpha value is -0.770. The Labute approximate surface area is 95.6 Å². The lowest BCUT2D eigenvalue weighted by Gasteiger charge is -2.21. The van der Waals surface area contributed by atoms with Gasteiger partial charge in [0.05, 0.1) is 12.1 Å². The van der Waals surface area contributed by atoms with Crippen molar-refractivity contribution in [1.82, 2.24) is 5.32 Å². The van der Waals surface area contributed by atoms with Crippen LogP contribution in [0.2, 0.25) is 5.02 Å². The van der Waals surface area contributed by atoms with Crippen LogP contribution in [-0.2, 0) is 0 Å². The molecule has 2 atom stereocenters. The zero-order valence-electron chi connectivity index (χ0n) is 9.25. The van der Waals surface area contributed by atoms with Crippen LogP contribution in [0.3, 0.4) is 0 Å². The fraction of sp³-hybridized carbons (Fsp3) is 0.455. The number of hydrogen-bond acceptors (Lipinski definition) is 3. The molecule has 2 unspecified atom stereocenters. The summed E-state index contributed by atoms with van der Waals surface area (Å²) >= 11 is 6.04. The van der Waals surface area contributed by atoms with Crippen LogP contribution in [0, 0.1) is 0 Å². The SMILES string of the molecule is CNC(c1ccc(OC)c(Cl)c1)C(C)N. The minimum Gasteiger partial charge on any atom is -0.495 e. The number of halogens is 1. The fourth-order valence-electron chi connectivity index (χ4n) is 1.61. The summed E-state index contributed by atoms with van der Waals surface area (Å²) in [5.41, 5.74) is 6.93. The van der Waals surface area contributed by atoms with Gasteiger partial charge in [0.2, 0.25) is 0 Å². The van der Waals surface area contributed by atoms with E-state index in [2.05, 4.69) is 5.32 Å². The number of likely N-dealkylation sites (N-methyl/N-ethyl adjacent to an activating group) is 1. The minimum absolute atomic E-state index is 0.0273. The Morgan fingerprint density at radius 2 is 2.13 bits per heavy atom. The average molecular weight is 229 g/mol. The summed E-state index contributed by atoms with van der Waals surface area (Å²) in [7, 11) is 3.48. The molecule has 0 bridgehead atoms. The summed E-state index contributed by atoms with van der Waals surface area (Å²) in [5.74, 6) is 0.681. The predicted molar refractivity (Wildman–Crippen MR) is 63.5 cm³/mol. The highest BCUT2D eigenvalue weighted by Crippen LogP contribution is 2.28. The van der Waals surface area contributed by atoms with E-state index < -0.39 is 0 Å². The first-order valence-electron chi connectivity index (χ1n) is 4.86. The first-order valence-corrected chi connectivity index (χ1v) is 5.24. The van der Waals surface area contributed by atoms with Crippen LogP contribution in [0.4, 0.5) is 0 Å². The Bertz CT molecular complexity index is 328. The Balaban J connectivity index is 3.00. The van der Waals surface area contributed by atoms with Gasteiger partial charge in [0, 0.05) is 12.1 Å². The van der Waals surface area contributed by atoms with Gasteiger partial charge in [0.25, 0.3) is 0 Å². The van der Waals surface area contributed by atoms with Gasteiger partial charge in [0.1, 0.15) is 5.75 Å². The van der Waals surface area contributed by atoms with E-state index in [1.54, 1.807) is 7.11 Å². The maximum atomic E-state index is 6.04.